The van der Waals surface area contributed by atoms with Gasteiger partial charge in [-0.15, -0.1) is 17.0 Å². The molecular weight excluding hydrogens is 242 g/mol. The third-order valence-electron chi connectivity index (χ3n) is 1.55. The van der Waals surface area contributed by atoms with Gasteiger partial charge in [0.05, 0.1) is 17.1 Å². The number of hydrogen-bond donors (Lipinski definition) is 2. The van der Waals surface area contributed by atoms with Gasteiger partial charge in [0, 0.05) is 6.54 Å². The second kappa shape index (κ2) is 3.51. The van der Waals surface area contributed by atoms with E-state index in [0.29, 0.717) is 18.2 Å². The van der Waals surface area contributed by atoms with Gasteiger partial charge >= 0.3 is 0 Å². The fraction of sp³-hybridized carbons (Fsp3) is 0.333. The number of ketones is 1. The van der Waals surface area contributed by atoms with E-state index >= 15 is 0 Å². The molecule has 0 aliphatic carbocycles. The number of aromatic nitrogens is 1. The number of thiazole rings is 1. The van der Waals surface area contributed by atoms with Crippen molar-refractivity contribution in [2.75, 3.05) is 12.3 Å². The number of nitrogen functional groups attached to an aromatic ring is 1. The van der Waals surface area contributed by atoms with Crippen LogP contribution in [0, 0.1) is 0 Å². The zero-order chi connectivity index (χ0) is 7.84. The minimum absolute atomic E-state index is 0. The number of rotatable bonds is 0. The summed E-state index contributed by atoms with van der Waals surface area (Å²) in [6.45, 7) is 1.07. The topological polar surface area (TPSA) is 68.0 Å². The Labute approximate surface area is 83.9 Å². The lowest BCUT2D eigenvalue weighted by Gasteiger charge is -2.08. The molecule has 0 atom stereocenters. The molecule has 0 aromatic carbocycles. The highest BCUT2D eigenvalue weighted by Crippen LogP contribution is 2.22. The first kappa shape index (κ1) is 9.63. The van der Waals surface area contributed by atoms with Crippen LogP contribution >= 0.6 is 28.3 Å². The Morgan fingerprint density at radius 1 is 1.50 bits per heavy atom. The minimum Gasteiger partial charge on any atom is -0.375 e. The van der Waals surface area contributed by atoms with Crippen LogP contribution in [0.25, 0.3) is 0 Å². The second-order valence-electron chi connectivity index (χ2n) is 2.35. The number of fused-ring (bicyclic) bond motifs is 1. The Kier molecular flexibility index (Phi) is 2.81. The Morgan fingerprint density at radius 2 is 2.25 bits per heavy atom. The van der Waals surface area contributed by atoms with Crippen molar-refractivity contribution in [3.8, 4) is 0 Å². The second-order valence-corrected chi connectivity index (χ2v) is 3.39. The maximum atomic E-state index is 11.2. The first-order valence-corrected chi connectivity index (χ1v) is 4.08. The number of nitrogens with two attached hydrogens (primary N) is 1. The van der Waals surface area contributed by atoms with E-state index in [9.17, 15) is 4.79 Å². The molecule has 1 aromatic heterocycles. The number of anilines is 1. The van der Waals surface area contributed by atoms with Gasteiger partial charge in [-0.1, -0.05) is 11.3 Å². The van der Waals surface area contributed by atoms with Crippen molar-refractivity contribution in [1.82, 2.24) is 10.3 Å². The van der Waals surface area contributed by atoms with Gasteiger partial charge in [0.15, 0.2) is 10.9 Å². The van der Waals surface area contributed by atoms with Crippen LogP contribution in [-0.4, -0.2) is 17.3 Å². The van der Waals surface area contributed by atoms with E-state index in [1.54, 1.807) is 0 Å². The molecule has 3 N–H and O–H groups in total. The molecule has 0 saturated heterocycles. The van der Waals surface area contributed by atoms with E-state index in [4.69, 9.17) is 5.73 Å². The quantitative estimate of drug-likeness (QED) is 0.707. The summed E-state index contributed by atoms with van der Waals surface area (Å²) in [5.41, 5.74) is 6.24. The predicted molar refractivity (Wildman–Crippen MR) is 52.9 cm³/mol. The summed E-state index contributed by atoms with van der Waals surface area (Å²) in [6.07, 6.45) is 0. The van der Waals surface area contributed by atoms with Crippen LogP contribution in [-0.2, 0) is 6.54 Å². The standard InChI is InChI=1S/C6H7N3OS.BrH/c7-6-9-3-1-8-2-4(10)5(3)11-6;/h8H,1-2H2,(H2,7,9);1H. The maximum absolute atomic E-state index is 11.2. The van der Waals surface area contributed by atoms with Crippen molar-refractivity contribution in [1.29, 1.82) is 0 Å². The van der Waals surface area contributed by atoms with Crippen LogP contribution in [0.1, 0.15) is 15.4 Å². The van der Waals surface area contributed by atoms with Gasteiger partial charge in [0.25, 0.3) is 0 Å². The summed E-state index contributed by atoms with van der Waals surface area (Å²) >= 11 is 1.28. The SMILES string of the molecule is Br.Nc1nc2c(s1)C(=O)CNC2. The molecule has 0 bridgehead atoms. The molecule has 2 rings (SSSR count). The van der Waals surface area contributed by atoms with Crippen LogP contribution in [0.5, 0.6) is 0 Å². The van der Waals surface area contributed by atoms with E-state index < -0.39 is 0 Å². The van der Waals surface area contributed by atoms with Crippen molar-refractivity contribution >= 4 is 39.2 Å². The smallest absolute Gasteiger partial charge is 0.188 e. The van der Waals surface area contributed by atoms with Crippen molar-refractivity contribution in [3.05, 3.63) is 10.6 Å². The lowest BCUT2D eigenvalue weighted by molar-refractivity contribution is 0.0986. The highest BCUT2D eigenvalue weighted by Gasteiger charge is 2.20. The molecule has 1 aromatic rings. The predicted octanol–water partition coefficient (Wildman–Crippen LogP) is 0.589. The Morgan fingerprint density at radius 3 is 2.92 bits per heavy atom. The van der Waals surface area contributed by atoms with Crippen LogP contribution < -0.4 is 11.1 Å². The molecule has 0 radical (unpaired) electrons. The van der Waals surface area contributed by atoms with E-state index in [0.717, 1.165) is 10.6 Å². The molecule has 1 aliphatic heterocycles. The van der Waals surface area contributed by atoms with Gasteiger partial charge in [-0.25, -0.2) is 4.98 Å². The first-order valence-electron chi connectivity index (χ1n) is 3.26. The number of nitrogens with one attached hydrogen (secondary N) is 1. The zero-order valence-corrected chi connectivity index (χ0v) is 8.69. The van der Waals surface area contributed by atoms with E-state index in [-0.39, 0.29) is 22.8 Å². The fourth-order valence-corrected chi connectivity index (χ4v) is 1.87. The largest absolute Gasteiger partial charge is 0.375 e. The number of nitrogens with zero attached hydrogens (tertiary/aromatic N) is 1. The van der Waals surface area contributed by atoms with Gasteiger partial charge in [-0.05, 0) is 0 Å². The fourth-order valence-electron chi connectivity index (χ4n) is 1.08. The summed E-state index contributed by atoms with van der Waals surface area (Å²) in [4.78, 5) is 15.9. The molecule has 4 nitrogen and oxygen atoms in total. The molecule has 0 amide bonds. The van der Waals surface area contributed by atoms with Gasteiger partial charge in [-0.2, -0.15) is 0 Å². The van der Waals surface area contributed by atoms with E-state index in [2.05, 4.69) is 10.3 Å². The Bertz CT molecular complexity index is 312. The molecule has 0 unspecified atom stereocenters. The number of halogens is 1. The normalized spacial score (nSPS) is 15.2. The third kappa shape index (κ3) is 1.50. The van der Waals surface area contributed by atoms with E-state index in [1.807, 2.05) is 0 Å². The molecule has 0 saturated carbocycles. The first-order chi connectivity index (χ1) is 5.27. The average molecular weight is 250 g/mol. The molecule has 66 valence electrons. The third-order valence-corrected chi connectivity index (χ3v) is 2.51. The summed E-state index contributed by atoms with van der Waals surface area (Å²) in [6, 6.07) is 0. The minimum atomic E-state index is 0. The highest BCUT2D eigenvalue weighted by molar-refractivity contribution is 8.93. The monoisotopic (exact) mass is 249 g/mol. The average Bonchev–Trinajstić information content (AvgIpc) is 2.31. The Hall–Kier alpha value is -0.460. The summed E-state index contributed by atoms with van der Waals surface area (Å²) in [7, 11) is 0. The lowest BCUT2D eigenvalue weighted by Crippen LogP contribution is -2.28. The van der Waals surface area contributed by atoms with Gasteiger partial charge in [0.2, 0.25) is 0 Å². The number of Topliss-reactive ketones (excluding diaryl/α,β-unsaturated/α-hetero) is 1. The van der Waals surface area contributed by atoms with Gasteiger partial charge in [-0.3, -0.25) is 4.79 Å². The van der Waals surface area contributed by atoms with Crippen molar-refractivity contribution in [2.24, 2.45) is 0 Å². The van der Waals surface area contributed by atoms with Crippen LogP contribution in [0.4, 0.5) is 5.13 Å². The van der Waals surface area contributed by atoms with Gasteiger partial charge < -0.3 is 11.1 Å². The molecular formula is C6H8BrN3OS. The summed E-state index contributed by atoms with van der Waals surface area (Å²) in [5, 5.41) is 3.42. The molecule has 0 fully saturated rings. The van der Waals surface area contributed by atoms with Crippen LogP contribution in [0.2, 0.25) is 0 Å². The van der Waals surface area contributed by atoms with Crippen molar-refractivity contribution in [3.63, 3.8) is 0 Å². The van der Waals surface area contributed by atoms with E-state index in [1.165, 1.54) is 11.3 Å². The lowest BCUT2D eigenvalue weighted by atomic mass is 10.2. The zero-order valence-electron chi connectivity index (χ0n) is 6.16. The van der Waals surface area contributed by atoms with Crippen LogP contribution in [0.15, 0.2) is 0 Å². The van der Waals surface area contributed by atoms with Crippen molar-refractivity contribution in [2.45, 2.75) is 6.54 Å². The highest BCUT2D eigenvalue weighted by atomic mass is 79.9. The summed E-state index contributed by atoms with van der Waals surface area (Å²) in [5.74, 6) is 0.0976. The molecule has 6 heteroatoms. The molecule has 1 aliphatic rings. The molecule has 2 heterocycles. The Balaban J connectivity index is 0.000000720. The van der Waals surface area contributed by atoms with Crippen molar-refractivity contribution < 1.29 is 4.79 Å². The number of carbonyl (C=O) groups excluding carboxylic acids is 1. The van der Waals surface area contributed by atoms with Crippen LogP contribution in [0.3, 0.4) is 0 Å². The maximum Gasteiger partial charge on any atom is 0.188 e. The number of carbonyl (C=O) groups is 1. The summed E-state index contributed by atoms with van der Waals surface area (Å²) < 4.78 is 0. The molecule has 12 heavy (non-hydrogen) atoms. The number of hydrogen-bond acceptors (Lipinski definition) is 5. The van der Waals surface area contributed by atoms with Gasteiger partial charge in [0.1, 0.15) is 0 Å². The molecule has 0 spiro atoms.